The Hall–Kier alpha value is 0.270. The molecule has 1 aliphatic heterocycles. The molecule has 1 heterocycles. The van der Waals surface area contributed by atoms with Gasteiger partial charge in [-0.1, -0.05) is 20.3 Å². The minimum Gasteiger partial charge on any atom is -0.381 e. The van der Waals surface area contributed by atoms with Gasteiger partial charge < -0.3 is 10.1 Å². The minimum absolute atomic E-state index is 0.760. The summed E-state index contributed by atoms with van der Waals surface area (Å²) in [4.78, 5) is 0. The number of nitrogens with one attached hydrogen (secondary N) is 1. The van der Waals surface area contributed by atoms with Crippen LogP contribution >= 0.6 is 11.8 Å². The van der Waals surface area contributed by atoms with E-state index in [0.29, 0.717) is 0 Å². The van der Waals surface area contributed by atoms with Gasteiger partial charge >= 0.3 is 0 Å². The lowest BCUT2D eigenvalue weighted by molar-refractivity contribution is 0.0997. The quantitative estimate of drug-likeness (QED) is 0.801. The molecule has 2 aliphatic rings. The molecule has 0 spiro atoms. The summed E-state index contributed by atoms with van der Waals surface area (Å²) < 4.78 is 5.49. The molecule has 3 unspecified atom stereocenters. The number of rotatable bonds is 6. The highest BCUT2D eigenvalue weighted by Crippen LogP contribution is 2.38. The van der Waals surface area contributed by atoms with E-state index >= 15 is 0 Å². The molecule has 0 aromatic heterocycles. The fourth-order valence-corrected chi connectivity index (χ4v) is 5.12. The number of ether oxygens (including phenoxy) is 1. The van der Waals surface area contributed by atoms with Crippen molar-refractivity contribution in [3.63, 3.8) is 0 Å². The molecule has 19 heavy (non-hydrogen) atoms. The predicted octanol–water partition coefficient (Wildman–Crippen LogP) is 3.85. The lowest BCUT2D eigenvalue weighted by atomic mass is 9.84. The molecule has 2 fully saturated rings. The second-order valence-corrected chi connectivity index (χ2v) is 7.68. The Labute approximate surface area is 123 Å². The van der Waals surface area contributed by atoms with Crippen molar-refractivity contribution in [3.8, 4) is 0 Å². The average Bonchev–Trinajstić information content (AvgIpc) is 2.47. The van der Waals surface area contributed by atoms with Gasteiger partial charge in [0.1, 0.15) is 0 Å². The van der Waals surface area contributed by atoms with Gasteiger partial charge in [-0.15, -0.1) is 0 Å². The Morgan fingerprint density at radius 1 is 1.11 bits per heavy atom. The molecule has 0 aromatic carbocycles. The van der Waals surface area contributed by atoms with Crippen molar-refractivity contribution in [3.05, 3.63) is 0 Å². The van der Waals surface area contributed by atoms with Gasteiger partial charge in [0.15, 0.2) is 0 Å². The van der Waals surface area contributed by atoms with Gasteiger partial charge in [0.05, 0.1) is 0 Å². The van der Waals surface area contributed by atoms with Crippen LogP contribution in [-0.2, 0) is 4.74 Å². The molecule has 1 saturated carbocycles. The van der Waals surface area contributed by atoms with Crippen LogP contribution in [0.5, 0.6) is 0 Å². The zero-order valence-corrected chi connectivity index (χ0v) is 13.5. The van der Waals surface area contributed by atoms with E-state index < -0.39 is 0 Å². The van der Waals surface area contributed by atoms with Crippen LogP contribution in [0.15, 0.2) is 0 Å². The average molecular weight is 285 g/mol. The lowest BCUT2D eigenvalue weighted by Gasteiger charge is -2.38. The van der Waals surface area contributed by atoms with E-state index in [0.717, 1.165) is 35.7 Å². The Kier molecular flexibility index (Phi) is 7.03. The summed E-state index contributed by atoms with van der Waals surface area (Å²) in [5.74, 6) is 0.969. The summed E-state index contributed by atoms with van der Waals surface area (Å²) in [5.41, 5.74) is 0. The van der Waals surface area contributed by atoms with Crippen LogP contribution in [0.3, 0.4) is 0 Å². The molecular formula is C16H31NOS. The van der Waals surface area contributed by atoms with E-state index in [1.807, 2.05) is 0 Å². The van der Waals surface area contributed by atoms with Crippen molar-refractivity contribution in [1.82, 2.24) is 5.32 Å². The van der Waals surface area contributed by atoms with Crippen LogP contribution in [0, 0.1) is 5.92 Å². The third kappa shape index (κ3) is 4.95. The van der Waals surface area contributed by atoms with Crippen molar-refractivity contribution < 1.29 is 4.74 Å². The number of thioether (sulfide) groups is 1. The summed E-state index contributed by atoms with van der Waals surface area (Å²) >= 11 is 2.28. The minimum atomic E-state index is 0.760. The van der Waals surface area contributed by atoms with Crippen LogP contribution in [0.1, 0.15) is 58.8 Å². The Bertz CT molecular complexity index is 243. The van der Waals surface area contributed by atoms with E-state index in [2.05, 4.69) is 30.9 Å². The van der Waals surface area contributed by atoms with Crippen molar-refractivity contribution in [2.75, 3.05) is 19.8 Å². The molecule has 0 aromatic rings. The second kappa shape index (κ2) is 8.53. The molecule has 2 nitrogen and oxygen atoms in total. The zero-order chi connectivity index (χ0) is 13.5. The highest BCUT2D eigenvalue weighted by atomic mass is 32.2. The maximum absolute atomic E-state index is 5.49. The maximum atomic E-state index is 5.49. The first-order chi connectivity index (χ1) is 9.33. The van der Waals surface area contributed by atoms with Gasteiger partial charge in [-0.25, -0.2) is 0 Å². The molecule has 112 valence electrons. The first-order valence-corrected chi connectivity index (χ1v) is 9.24. The monoisotopic (exact) mass is 285 g/mol. The van der Waals surface area contributed by atoms with E-state index in [4.69, 9.17) is 4.74 Å². The summed E-state index contributed by atoms with van der Waals surface area (Å²) in [7, 11) is 0. The first kappa shape index (κ1) is 15.7. The zero-order valence-electron chi connectivity index (χ0n) is 12.7. The predicted molar refractivity (Wildman–Crippen MR) is 84.9 cm³/mol. The van der Waals surface area contributed by atoms with E-state index in [-0.39, 0.29) is 0 Å². The van der Waals surface area contributed by atoms with E-state index in [1.165, 1.54) is 51.5 Å². The highest BCUT2D eigenvalue weighted by Gasteiger charge is 2.32. The summed E-state index contributed by atoms with van der Waals surface area (Å²) in [6.07, 6.45) is 9.40. The number of hydrogen-bond acceptors (Lipinski definition) is 3. The molecule has 3 atom stereocenters. The molecule has 1 aliphatic carbocycles. The fourth-order valence-electron chi connectivity index (χ4n) is 3.36. The van der Waals surface area contributed by atoms with Crippen molar-refractivity contribution in [2.24, 2.45) is 5.92 Å². The second-order valence-electron chi connectivity index (χ2n) is 6.13. The largest absolute Gasteiger partial charge is 0.381 e. The van der Waals surface area contributed by atoms with Gasteiger partial charge in [0.2, 0.25) is 0 Å². The van der Waals surface area contributed by atoms with Crippen LogP contribution in [-0.4, -0.2) is 36.3 Å². The van der Waals surface area contributed by atoms with E-state index in [1.54, 1.807) is 0 Å². The van der Waals surface area contributed by atoms with Crippen LogP contribution < -0.4 is 5.32 Å². The highest BCUT2D eigenvalue weighted by molar-refractivity contribution is 8.00. The van der Waals surface area contributed by atoms with Gasteiger partial charge in [-0.2, -0.15) is 11.8 Å². The van der Waals surface area contributed by atoms with Crippen LogP contribution in [0.25, 0.3) is 0 Å². The molecule has 1 saturated heterocycles. The smallest absolute Gasteiger partial charge is 0.0476 e. The SMILES string of the molecule is CCCNC1CCC(CC)CC1SC1CCOCC1. The Morgan fingerprint density at radius 3 is 2.58 bits per heavy atom. The van der Waals surface area contributed by atoms with Crippen LogP contribution in [0.4, 0.5) is 0 Å². The molecular weight excluding hydrogens is 254 g/mol. The molecule has 0 amide bonds. The van der Waals surface area contributed by atoms with Gasteiger partial charge in [0, 0.05) is 29.8 Å². The third-order valence-corrected chi connectivity index (χ3v) is 6.40. The van der Waals surface area contributed by atoms with Crippen molar-refractivity contribution in [2.45, 2.75) is 75.3 Å². The van der Waals surface area contributed by atoms with Crippen molar-refractivity contribution in [1.29, 1.82) is 0 Å². The summed E-state index contributed by atoms with van der Waals surface area (Å²) in [5, 5.41) is 5.49. The van der Waals surface area contributed by atoms with E-state index in [9.17, 15) is 0 Å². The Balaban J connectivity index is 1.85. The van der Waals surface area contributed by atoms with Gasteiger partial charge in [0.25, 0.3) is 0 Å². The lowest BCUT2D eigenvalue weighted by Crippen LogP contribution is -2.44. The summed E-state index contributed by atoms with van der Waals surface area (Å²) in [6.45, 7) is 7.78. The standard InChI is InChI=1S/C16H31NOS/c1-3-9-17-15-6-5-13(4-2)12-16(15)19-14-7-10-18-11-8-14/h13-17H,3-12H2,1-2H3. The molecule has 0 radical (unpaired) electrons. The molecule has 1 N–H and O–H groups in total. The fraction of sp³-hybridized carbons (Fsp3) is 1.00. The van der Waals surface area contributed by atoms with Crippen LogP contribution in [0.2, 0.25) is 0 Å². The number of hydrogen-bond donors (Lipinski definition) is 1. The Morgan fingerprint density at radius 2 is 1.89 bits per heavy atom. The molecule has 0 bridgehead atoms. The molecule has 3 heteroatoms. The van der Waals surface area contributed by atoms with Gasteiger partial charge in [-0.3, -0.25) is 0 Å². The maximum Gasteiger partial charge on any atom is 0.0476 e. The summed E-state index contributed by atoms with van der Waals surface area (Å²) in [6, 6.07) is 0.760. The third-order valence-electron chi connectivity index (χ3n) is 4.67. The molecule has 2 rings (SSSR count). The van der Waals surface area contributed by atoms with Gasteiger partial charge in [-0.05, 0) is 51.0 Å². The first-order valence-electron chi connectivity index (χ1n) is 8.30. The van der Waals surface area contributed by atoms with Crippen molar-refractivity contribution >= 4 is 11.8 Å². The topological polar surface area (TPSA) is 21.3 Å². The normalized spacial score (nSPS) is 33.5.